The van der Waals surface area contributed by atoms with E-state index in [1.807, 2.05) is 0 Å². The second-order valence-corrected chi connectivity index (χ2v) is 5.22. The van der Waals surface area contributed by atoms with Gasteiger partial charge in [-0.25, -0.2) is 4.79 Å². The first-order chi connectivity index (χ1) is 8.50. The van der Waals surface area contributed by atoms with Crippen LogP contribution in [0.2, 0.25) is 5.02 Å². The molecular weight excluding hydrogens is 250 g/mol. The van der Waals surface area contributed by atoms with E-state index in [4.69, 9.17) is 16.7 Å². The van der Waals surface area contributed by atoms with Crippen LogP contribution in [0.3, 0.4) is 0 Å². The van der Waals surface area contributed by atoms with Crippen LogP contribution < -0.4 is 5.32 Å². The molecule has 0 atom stereocenters. The highest BCUT2D eigenvalue weighted by atomic mass is 35.5. The van der Waals surface area contributed by atoms with Crippen molar-refractivity contribution in [1.29, 1.82) is 0 Å². The average molecular weight is 270 g/mol. The van der Waals surface area contributed by atoms with Gasteiger partial charge in [0, 0.05) is 6.54 Å². The molecule has 0 bridgehead atoms. The molecule has 0 amide bonds. The van der Waals surface area contributed by atoms with Crippen LogP contribution in [0.25, 0.3) is 0 Å². The number of hydrogen-bond donors (Lipinski definition) is 2. The topological polar surface area (TPSA) is 49.3 Å². The number of carboxylic acids is 1. The molecule has 18 heavy (non-hydrogen) atoms. The van der Waals surface area contributed by atoms with Gasteiger partial charge in [-0.15, -0.1) is 0 Å². The van der Waals surface area contributed by atoms with Gasteiger partial charge in [-0.05, 0) is 30.5 Å². The van der Waals surface area contributed by atoms with E-state index < -0.39 is 5.97 Å². The number of anilines is 1. The van der Waals surface area contributed by atoms with Gasteiger partial charge >= 0.3 is 5.97 Å². The molecule has 0 saturated carbocycles. The van der Waals surface area contributed by atoms with E-state index in [0.717, 1.165) is 24.6 Å². The molecule has 0 unspecified atom stereocenters. The molecule has 2 N–H and O–H groups in total. The number of rotatable bonds is 7. The highest BCUT2D eigenvalue weighted by Crippen LogP contribution is 2.23. The van der Waals surface area contributed by atoms with E-state index in [1.54, 1.807) is 12.1 Å². The molecule has 0 aliphatic heterocycles. The standard InChI is InChI=1S/C14H20ClNO2/c1-10(2)5-3-4-8-16-13-7-6-11(14(17)18)9-12(13)15/h6-7,9-10,16H,3-5,8H2,1-2H3,(H,17,18). The van der Waals surface area contributed by atoms with Crippen molar-refractivity contribution in [1.82, 2.24) is 0 Å². The number of aromatic carboxylic acids is 1. The van der Waals surface area contributed by atoms with Crippen molar-refractivity contribution in [3.63, 3.8) is 0 Å². The summed E-state index contributed by atoms with van der Waals surface area (Å²) in [5.74, 6) is -0.219. The minimum absolute atomic E-state index is 0.213. The summed E-state index contributed by atoms with van der Waals surface area (Å²) < 4.78 is 0. The van der Waals surface area contributed by atoms with Crippen molar-refractivity contribution >= 4 is 23.3 Å². The van der Waals surface area contributed by atoms with Crippen LogP contribution in [-0.4, -0.2) is 17.6 Å². The number of unbranched alkanes of at least 4 members (excludes halogenated alkanes) is 1. The van der Waals surface area contributed by atoms with Crippen LogP contribution in [0.1, 0.15) is 43.5 Å². The van der Waals surface area contributed by atoms with Gasteiger partial charge in [-0.2, -0.15) is 0 Å². The maximum absolute atomic E-state index is 10.7. The summed E-state index contributed by atoms with van der Waals surface area (Å²) in [6.45, 7) is 5.29. The quantitative estimate of drug-likeness (QED) is 0.727. The maximum atomic E-state index is 10.7. The number of halogens is 1. The van der Waals surface area contributed by atoms with Gasteiger partial charge < -0.3 is 10.4 Å². The van der Waals surface area contributed by atoms with Crippen LogP contribution in [0.4, 0.5) is 5.69 Å². The zero-order valence-electron chi connectivity index (χ0n) is 10.9. The predicted octanol–water partition coefficient (Wildman–Crippen LogP) is 4.28. The Morgan fingerprint density at radius 2 is 2.11 bits per heavy atom. The van der Waals surface area contributed by atoms with Gasteiger partial charge in [0.25, 0.3) is 0 Å². The van der Waals surface area contributed by atoms with Crippen molar-refractivity contribution in [2.45, 2.75) is 33.1 Å². The minimum Gasteiger partial charge on any atom is -0.478 e. The third-order valence-electron chi connectivity index (χ3n) is 2.74. The molecule has 4 heteroatoms. The molecule has 0 aromatic heterocycles. The van der Waals surface area contributed by atoms with E-state index in [0.29, 0.717) is 5.02 Å². The Labute approximate surface area is 113 Å². The molecule has 0 aliphatic carbocycles. The Balaban J connectivity index is 2.41. The van der Waals surface area contributed by atoms with Crippen LogP contribution >= 0.6 is 11.6 Å². The fraction of sp³-hybridized carbons (Fsp3) is 0.500. The largest absolute Gasteiger partial charge is 0.478 e. The molecule has 1 aromatic carbocycles. The summed E-state index contributed by atoms with van der Waals surface area (Å²) in [5.41, 5.74) is 1.01. The Morgan fingerprint density at radius 3 is 2.67 bits per heavy atom. The molecule has 1 aromatic rings. The van der Waals surface area contributed by atoms with Gasteiger partial charge in [0.15, 0.2) is 0 Å². The van der Waals surface area contributed by atoms with E-state index in [9.17, 15) is 4.79 Å². The van der Waals surface area contributed by atoms with Crippen molar-refractivity contribution in [2.75, 3.05) is 11.9 Å². The Bertz CT molecular complexity index is 405. The normalized spacial score (nSPS) is 10.7. The van der Waals surface area contributed by atoms with Crippen LogP contribution in [0, 0.1) is 5.92 Å². The molecule has 0 spiro atoms. The third kappa shape index (κ3) is 4.96. The van der Waals surface area contributed by atoms with E-state index in [2.05, 4.69) is 19.2 Å². The van der Waals surface area contributed by atoms with Gasteiger partial charge in [0.05, 0.1) is 16.3 Å². The zero-order chi connectivity index (χ0) is 13.5. The lowest BCUT2D eigenvalue weighted by Gasteiger charge is -2.09. The Morgan fingerprint density at radius 1 is 1.39 bits per heavy atom. The van der Waals surface area contributed by atoms with Gasteiger partial charge in [0.2, 0.25) is 0 Å². The first kappa shape index (κ1) is 14.8. The minimum atomic E-state index is -0.958. The monoisotopic (exact) mass is 269 g/mol. The molecule has 100 valence electrons. The fourth-order valence-corrected chi connectivity index (χ4v) is 1.94. The molecule has 0 aliphatic rings. The SMILES string of the molecule is CC(C)CCCCNc1ccc(C(=O)O)cc1Cl. The van der Waals surface area contributed by atoms with Crippen LogP contribution in [-0.2, 0) is 0 Å². The number of carbonyl (C=O) groups is 1. The molecular formula is C14H20ClNO2. The lowest BCUT2D eigenvalue weighted by atomic mass is 10.1. The first-order valence-corrected chi connectivity index (χ1v) is 6.65. The second-order valence-electron chi connectivity index (χ2n) is 4.82. The summed E-state index contributed by atoms with van der Waals surface area (Å²) in [6, 6.07) is 4.75. The number of benzene rings is 1. The van der Waals surface area contributed by atoms with Gasteiger partial charge in [-0.3, -0.25) is 0 Å². The molecule has 0 radical (unpaired) electrons. The summed E-state index contributed by atoms with van der Waals surface area (Å²) in [7, 11) is 0. The van der Waals surface area contributed by atoms with Crippen molar-refractivity contribution in [3.05, 3.63) is 28.8 Å². The summed E-state index contributed by atoms with van der Waals surface area (Å²) >= 11 is 6.01. The maximum Gasteiger partial charge on any atom is 0.335 e. The Kier molecular flexibility index (Phi) is 5.99. The highest BCUT2D eigenvalue weighted by Gasteiger charge is 2.06. The first-order valence-electron chi connectivity index (χ1n) is 6.27. The lowest BCUT2D eigenvalue weighted by molar-refractivity contribution is 0.0697. The van der Waals surface area contributed by atoms with Gasteiger partial charge in [-0.1, -0.05) is 38.3 Å². The molecule has 1 rings (SSSR count). The predicted molar refractivity (Wildman–Crippen MR) is 75.6 cm³/mol. The number of hydrogen-bond acceptors (Lipinski definition) is 2. The summed E-state index contributed by atoms with van der Waals surface area (Å²) in [5, 5.41) is 12.5. The van der Waals surface area contributed by atoms with Crippen molar-refractivity contribution in [2.24, 2.45) is 5.92 Å². The third-order valence-corrected chi connectivity index (χ3v) is 3.05. The van der Waals surface area contributed by atoms with Crippen molar-refractivity contribution < 1.29 is 9.90 Å². The number of nitrogens with one attached hydrogen (secondary N) is 1. The highest BCUT2D eigenvalue weighted by molar-refractivity contribution is 6.33. The fourth-order valence-electron chi connectivity index (χ4n) is 1.69. The van der Waals surface area contributed by atoms with Gasteiger partial charge in [0.1, 0.15) is 0 Å². The molecule has 0 fully saturated rings. The summed E-state index contributed by atoms with van der Waals surface area (Å²) in [6.07, 6.45) is 3.51. The zero-order valence-corrected chi connectivity index (χ0v) is 11.6. The van der Waals surface area contributed by atoms with Crippen molar-refractivity contribution in [3.8, 4) is 0 Å². The average Bonchev–Trinajstić information content (AvgIpc) is 2.29. The van der Waals surface area contributed by atoms with E-state index in [-0.39, 0.29) is 5.56 Å². The van der Waals surface area contributed by atoms with Crippen LogP contribution in [0.5, 0.6) is 0 Å². The Hall–Kier alpha value is -1.22. The van der Waals surface area contributed by atoms with E-state index >= 15 is 0 Å². The lowest BCUT2D eigenvalue weighted by Crippen LogP contribution is -2.04. The van der Waals surface area contributed by atoms with Crippen LogP contribution in [0.15, 0.2) is 18.2 Å². The second kappa shape index (κ2) is 7.27. The van der Waals surface area contributed by atoms with E-state index in [1.165, 1.54) is 18.9 Å². The molecule has 3 nitrogen and oxygen atoms in total. The molecule has 0 heterocycles. The smallest absolute Gasteiger partial charge is 0.335 e. The molecule has 0 saturated heterocycles. The number of carboxylic acid groups (broad SMARTS) is 1. The summed E-state index contributed by atoms with van der Waals surface area (Å²) in [4.78, 5) is 10.7.